The van der Waals surface area contributed by atoms with Crippen LogP contribution in [0.15, 0.2) is 11.4 Å². The van der Waals surface area contributed by atoms with E-state index >= 15 is 0 Å². The lowest BCUT2D eigenvalue weighted by Crippen LogP contribution is -2.36. The van der Waals surface area contributed by atoms with E-state index in [-0.39, 0.29) is 11.9 Å². The van der Waals surface area contributed by atoms with Gasteiger partial charge in [0, 0.05) is 18.5 Å². The summed E-state index contributed by atoms with van der Waals surface area (Å²) in [5, 5.41) is 14.4. The summed E-state index contributed by atoms with van der Waals surface area (Å²) in [4.78, 5) is 3.78. The van der Waals surface area contributed by atoms with Crippen LogP contribution in [-0.4, -0.2) is 22.2 Å². The molecule has 1 unspecified atom stereocenters. The molecule has 0 spiro atoms. The molecule has 6 heteroatoms. The summed E-state index contributed by atoms with van der Waals surface area (Å²) in [7, 11) is 1.92. The molecule has 0 aliphatic carbocycles. The monoisotopic (exact) mass is 289 g/mol. The third kappa shape index (κ3) is 1.83. The SMILES string of the molecule is Cc1nn(C)c(N2CCc3sccc3C2C)c1C(=N)N. The van der Waals surface area contributed by atoms with Crippen molar-refractivity contribution in [3.63, 3.8) is 0 Å². The van der Waals surface area contributed by atoms with Crippen LogP contribution in [0.3, 0.4) is 0 Å². The summed E-state index contributed by atoms with van der Waals surface area (Å²) in [6.07, 6.45) is 1.04. The van der Waals surface area contributed by atoms with Crippen LogP contribution in [0.1, 0.15) is 34.7 Å². The fourth-order valence-corrected chi connectivity index (χ4v) is 4.05. The van der Waals surface area contributed by atoms with Crippen molar-refractivity contribution in [2.75, 3.05) is 11.4 Å². The fraction of sp³-hybridized carbons (Fsp3) is 0.429. The van der Waals surface area contributed by atoms with Crippen molar-refractivity contribution in [1.82, 2.24) is 9.78 Å². The molecule has 0 saturated heterocycles. The third-order valence-corrected chi connectivity index (χ3v) is 5.01. The molecule has 3 heterocycles. The number of aromatic nitrogens is 2. The Balaban J connectivity index is 2.09. The number of hydrogen-bond acceptors (Lipinski definition) is 4. The first-order chi connectivity index (χ1) is 9.50. The quantitative estimate of drug-likeness (QED) is 0.657. The summed E-state index contributed by atoms with van der Waals surface area (Å²) >= 11 is 1.83. The van der Waals surface area contributed by atoms with Gasteiger partial charge in [0.1, 0.15) is 11.7 Å². The van der Waals surface area contributed by atoms with Crippen LogP contribution in [0, 0.1) is 12.3 Å². The lowest BCUT2D eigenvalue weighted by molar-refractivity contribution is 0.599. The van der Waals surface area contributed by atoms with E-state index in [1.165, 1.54) is 10.4 Å². The summed E-state index contributed by atoms with van der Waals surface area (Å²) < 4.78 is 1.85. The van der Waals surface area contributed by atoms with Crippen LogP contribution in [0.2, 0.25) is 0 Å². The summed E-state index contributed by atoms with van der Waals surface area (Å²) in [6, 6.07) is 2.49. The van der Waals surface area contributed by atoms with Gasteiger partial charge in [-0.3, -0.25) is 10.1 Å². The van der Waals surface area contributed by atoms with Gasteiger partial charge in [-0.1, -0.05) is 0 Å². The average molecular weight is 289 g/mol. The molecule has 3 N–H and O–H groups in total. The Morgan fingerprint density at radius 3 is 3.00 bits per heavy atom. The van der Waals surface area contributed by atoms with Crippen molar-refractivity contribution in [2.45, 2.75) is 26.3 Å². The van der Waals surface area contributed by atoms with Crippen LogP contribution in [0.25, 0.3) is 0 Å². The summed E-state index contributed by atoms with van der Waals surface area (Å²) in [6.45, 7) is 5.05. The first-order valence-electron chi connectivity index (χ1n) is 6.71. The van der Waals surface area contributed by atoms with Crippen molar-refractivity contribution in [1.29, 1.82) is 5.41 Å². The predicted octanol–water partition coefficient (Wildman–Crippen LogP) is 2.20. The van der Waals surface area contributed by atoms with E-state index in [4.69, 9.17) is 11.1 Å². The van der Waals surface area contributed by atoms with Crippen molar-refractivity contribution in [3.05, 3.63) is 33.1 Å². The van der Waals surface area contributed by atoms with Gasteiger partial charge in [0.2, 0.25) is 0 Å². The number of nitrogens with one attached hydrogen (secondary N) is 1. The van der Waals surface area contributed by atoms with E-state index in [9.17, 15) is 0 Å². The van der Waals surface area contributed by atoms with Crippen LogP contribution < -0.4 is 10.6 Å². The normalized spacial score (nSPS) is 18.1. The van der Waals surface area contributed by atoms with Gasteiger partial charge in [0.25, 0.3) is 0 Å². The fourth-order valence-electron chi connectivity index (χ4n) is 3.09. The highest BCUT2D eigenvalue weighted by Gasteiger charge is 2.30. The minimum atomic E-state index is 0.0916. The molecule has 0 fully saturated rings. The summed E-state index contributed by atoms with van der Waals surface area (Å²) in [5.41, 5.74) is 8.72. The number of anilines is 1. The molecular formula is C14H19N5S. The number of fused-ring (bicyclic) bond motifs is 1. The Morgan fingerprint density at radius 1 is 1.55 bits per heavy atom. The second-order valence-electron chi connectivity index (χ2n) is 5.24. The molecule has 20 heavy (non-hydrogen) atoms. The maximum atomic E-state index is 7.83. The molecule has 0 bridgehead atoms. The molecule has 2 aromatic rings. The molecule has 0 radical (unpaired) electrons. The van der Waals surface area contributed by atoms with E-state index in [0.29, 0.717) is 0 Å². The zero-order chi connectivity index (χ0) is 14.4. The molecular weight excluding hydrogens is 270 g/mol. The Morgan fingerprint density at radius 2 is 2.30 bits per heavy atom. The first kappa shape index (κ1) is 13.2. The van der Waals surface area contributed by atoms with Gasteiger partial charge in [-0.2, -0.15) is 5.10 Å². The van der Waals surface area contributed by atoms with E-state index in [1.807, 2.05) is 30.0 Å². The lowest BCUT2D eigenvalue weighted by Gasteiger charge is -2.35. The second-order valence-corrected chi connectivity index (χ2v) is 6.24. The number of aryl methyl sites for hydroxylation is 2. The van der Waals surface area contributed by atoms with E-state index < -0.39 is 0 Å². The highest BCUT2D eigenvalue weighted by Crippen LogP contribution is 2.37. The highest BCUT2D eigenvalue weighted by molar-refractivity contribution is 7.10. The number of rotatable bonds is 2. The number of nitrogens with two attached hydrogens (primary N) is 1. The van der Waals surface area contributed by atoms with Gasteiger partial charge >= 0.3 is 0 Å². The molecule has 3 rings (SSSR count). The molecule has 0 amide bonds. The second kappa shape index (κ2) is 4.63. The maximum absolute atomic E-state index is 7.83. The zero-order valence-electron chi connectivity index (χ0n) is 12.0. The van der Waals surface area contributed by atoms with Crippen LogP contribution in [0.4, 0.5) is 5.82 Å². The largest absolute Gasteiger partial charge is 0.384 e. The van der Waals surface area contributed by atoms with Gasteiger partial charge < -0.3 is 10.6 Å². The highest BCUT2D eigenvalue weighted by atomic mass is 32.1. The average Bonchev–Trinajstić information content (AvgIpc) is 2.95. The van der Waals surface area contributed by atoms with Crippen LogP contribution in [-0.2, 0) is 13.5 Å². The maximum Gasteiger partial charge on any atom is 0.138 e. The molecule has 1 aliphatic rings. The Bertz CT molecular complexity index is 669. The first-order valence-corrected chi connectivity index (χ1v) is 7.59. The van der Waals surface area contributed by atoms with Crippen LogP contribution in [0.5, 0.6) is 0 Å². The predicted molar refractivity (Wildman–Crippen MR) is 82.7 cm³/mol. The van der Waals surface area contributed by atoms with Gasteiger partial charge in [-0.25, -0.2) is 0 Å². The third-order valence-electron chi connectivity index (χ3n) is 4.01. The molecule has 0 aromatic carbocycles. The smallest absolute Gasteiger partial charge is 0.138 e. The topological polar surface area (TPSA) is 70.9 Å². The number of nitrogen functional groups attached to an aromatic ring is 1. The molecule has 106 valence electrons. The molecule has 5 nitrogen and oxygen atoms in total. The number of nitrogens with zero attached hydrogens (tertiary/aromatic N) is 3. The number of hydrogen-bond donors (Lipinski definition) is 2. The van der Waals surface area contributed by atoms with E-state index in [1.54, 1.807) is 0 Å². The van der Waals surface area contributed by atoms with E-state index in [0.717, 1.165) is 30.0 Å². The zero-order valence-corrected chi connectivity index (χ0v) is 12.8. The number of amidine groups is 1. The minimum Gasteiger partial charge on any atom is -0.384 e. The Kier molecular flexibility index (Phi) is 3.05. The summed E-state index contributed by atoms with van der Waals surface area (Å²) in [5.74, 6) is 1.05. The van der Waals surface area contributed by atoms with Crippen molar-refractivity contribution in [2.24, 2.45) is 12.8 Å². The van der Waals surface area contributed by atoms with Gasteiger partial charge in [-0.05, 0) is 37.3 Å². The molecule has 1 aliphatic heterocycles. The molecule has 0 saturated carbocycles. The van der Waals surface area contributed by atoms with E-state index in [2.05, 4.69) is 28.4 Å². The molecule has 2 aromatic heterocycles. The molecule has 1 atom stereocenters. The lowest BCUT2D eigenvalue weighted by atomic mass is 10.0. The van der Waals surface area contributed by atoms with Gasteiger partial charge in [-0.15, -0.1) is 11.3 Å². The number of thiophene rings is 1. The van der Waals surface area contributed by atoms with Crippen molar-refractivity contribution >= 4 is 23.0 Å². The minimum absolute atomic E-state index is 0.0916. The standard InChI is InChI=1S/C14H19N5S/c1-8-12(13(15)16)14(18(3)17-8)19-6-4-11-10(9(19)2)5-7-20-11/h5,7,9H,4,6H2,1-3H3,(H3,15,16). The van der Waals surface area contributed by atoms with Crippen molar-refractivity contribution in [3.8, 4) is 0 Å². The van der Waals surface area contributed by atoms with Gasteiger partial charge in [0.15, 0.2) is 0 Å². The Labute approximate surface area is 122 Å². The van der Waals surface area contributed by atoms with Gasteiger partial charge in [0.05, 0.1) is 17.3 Å². The van der Waals surface area contributed by atoms with Crippen molar-refractivity contribution < 1.29 is 0 Å². The van der Waals surface area contributed by atoms with Crippen LogP contribution >= 0.6 is 11.3 Å². The Hall–Kier alpha value is -1.82.